The van der Waals surface area contributed by atoms with Crippen LogP contribution in [0.3, 0.4) is 0 Å². The lowest BCUT2D eigenvalue weighted by molar-refractivity contribution is 0.0450. The minimum absolute atomic E-state index is 0.0628. The third-order valence-corrected chi connectivity index (χ3v) is 5.79. The summed E-state index contributed by atoms with van der Waals surface area (Å²) in [6.07, 6.45) is 6.56. The number of H-pyrrole nitrogens is 1. The molecule has 8 heteroatoms. The third kappa shape index (κ3) is 3.49. The van der Waals surface area contributed by atoms with E-state index in [9.17, 15) is 14.0 Å². The first kappa shape index (κ1) is 18.6. The van der Waals surface area contributed by atoms with E-state index in [-0.39, 0.29) is 23.7 Å². The van der Waals surface area contributed by atoms with Gasteiger partial charge in [-0.1, -0.05) is 12.1 Å². The third-order valence-electron chi connectivity index (χ3n) is 5.79. The SMILES string of the molecule is O=C(NCC1CCN1C(=O)c1ccc(-c2ccccc2F)[nH]1)c1cn(C2CC2)cn1. The summed E-state index contributed by atoms with van der Waals surface area (Å²) in [5.41, 5.74) is 1.80. The van der Waals surface area contributed by atoms with Crippen molar-refractivity contribution in [3.05, 3.63) is 66.1 Å². The Hall–Kier alpha value is -3.42. The molecule has 2 amide bonds. The first-order valence-electron chi connectivity index (χ1n) is 10.2. The molecule has 7 nitrogen and oxygen atoms in total. The predicted molar refractivity (Wildman–Crippen MR) is 108 cm³/mol. The summed E-state index contributed by atoms with van der Waals surface area (Å²) in [5.74, 6) is -0.719. The monoisotopic (exact) mass is 407 g/mol. The van der Waals surface area contributed by atoms with Crippen molar-refractivity contribution in [1.29, 1.82) is 0 Å². The van der Waals surface area contributed by atoms with Crippen LogP contribution >= 0.6 is 0 Å². The number of aromatic nitrogens is 3. The molecule has 1 saturated carbocycles. The number of nitrogens with zero attached hydrogens (tertiary/aromatic N) is 3. The Balaban J connectivity index is 1.20. The second-order valence-electron chi connectivity index (χ2n) is 7.85. The summed E-state index contributed by atoms with van der Waals surface area (Å²) < 4.78 is 16.0. The number of aromatic amines is 1. The van der Waals surface area contributed by atoms with Crippen LogP contribution in [-0.2, 0) is 0 Å². The summed E-state index contributed by atoms with van der Waals surface area (Å²) in [4.78, 5) is 34.1. The van der Waals surface area contributed by atoms with Gasteiger partial charge in [0, 0.05) is 36.6 Å². The summed E-state index contributed by atoms with van der Waals surface area (Å²) in [6, 6.07) is 10.2. The number of benzene rings is 1. The highest BCUT2D eigenvalue weighted by Gasteiger charge is 2.34. The van der Waals surface area contributed by atoms with Crippen LogP contribution in [0.4, 0.5) is 4.39 Å². The molecule has 3 heterocycles. The molecule has 1 unspecified atom stereocenters. The maximum atomic E-state index is 14.0. The minimum Gasteiger partial charge on any atom is -0.350 e. The highest BCUT2D eigenvalue weighted by molar-refractivity contribution is 5.94. The molecule has 1 saturated heterocycles. The molecule has 1 aliphatic heterocycles. The topological polar surface area (TPSA) is 83.0 Å². The molecule has 2 fully saturated rings. The van der Waals surface area contributed by atoms with Gasteiger partial charge >= 0.3 is 0 Å². The number of carbonyl (C=O) groups excluding carboxylic acids is 2. The van der Waals surface area contributed by atoms with Gasteiger partial charge in [-0.05, 0) is 43.5 Å². The van der Waals surface area contributed by atoms with Crippen LogP contribution in [0.15, 0.2) is 48.9 Å². The van der Waals surface area contributed by atoms with Crippen LogP contribution in [0, 0.1) is 5.82 Å². The number of rotatable bonds is 6. The number of imidazole rings is 1. The lowest BCUT2D eigenvalue weighted by Crippen LogP contribution is -2.56. The second-order valence-corrected chi connectivity index (χ2v) is 7.85. The smallest absolute Gasteiger partial charge is 0.271 e. The average molecular weight is 407 g/mol. The summed E-state index contributed by atoms with van der Waals surface area (Å²) in [7, 11) is 0. The maximum absolute atomic E-state index is 14.0. The van der Waals surface area contributed by atoms with E-state index in [1.807, 2.05) is 4.57 Å². The van der Waals surface area contributed by atoms with E-state index in [1.54, 1.807) is 47.8 Å². The van der Waals surface area contributed by atoms with Gasteiger partial charge in [-0.2, -0.15) is 0 Å². The zero-order chi connectivity index (χ0) is 20.7. The molecule has 1 aromatic carbocycles. The molecule has 154 valence electrons. The van der Waals surface area contributed by atoms with Crippen molar-refractivity contribution in [2.75, 3.05) is 13.1 Å². The van der Waals surface area contributed by atoms with E-state index in [2.05, 4.69) is 15.3 Å². The van der Waals surface area contributed by atoms with Gasteiger partial charge in [-0.25, -0.2) is 9.37 Å². The molecule has 3 aromatic rings. The van der Waals surface area contributed by atoms with E-state index in [0.717, 1.165) is 19.3 Å². The van der Waals surface area contributed by atoms with Crippen LogP contribution in [0.5, 0.6) is 0 Å². The van der Waals surface area contributed by atoms with Crippen molar-refractivity contribution in [2.45, 2.75) is 31.3 Å². The van der Waals surface area contributed by atoms with Crippen LogP contribution < -0.4 is 5.32 Å². The van der Waals surface area contributed by atoms with Crippen LogP contribution in [-0.4, -0.2) is 50.4 Å². The lowest BCUT2D eigenvalue weighted by Gasteiger charge is -2.40. The molecule has 5 rings (SSSR count). The molecular weight excluding hydrogens is 385 g/mol. The quantitative estimate of drug-likeness (QED) is 0.659. The van der Waals surface area contributed by atoms with Gasteiger partial charge < -0.3 is 19.8 Å². The van der Waals surface area contributed by atoms with Crippen molar-refractivity contribution in [1.82, 2.24) is 24.8 Å². The van der Waals surface area contributed by atoms with Crippen molar-refractivity contribution in [2.24, 2.45) is 0 Å². The lowest BCUT2D eigenvalue weighted by atomic mass is 10.0. The van der Waals surface area contributed by atoms with Crippen LogP contribution in [0.25, 0.3) is 11.3 Å². The van der Waals surface area contributed by atoms with Gasteiger partial charge in [0.25, 0.3) is 11.8 Å². The fourth-order valence-corrected chi connectivity index (χ4v) is 3.76. The van der Waals surface area contributed by atoms with E-state index in [1.165, 1.54) is 6.07 Å². The zero-order valence-corrected chi connectivity index (χ0v) is 16.3. The molecule has 1 aliphatic carbocycles. The van der Waals surface area contributed by atoms with Crippen molar-refractivity contribution < 1.29 is 14.0 Å². The molecule has 0 bridgehead atoms. The molecule has 2 aliphatic rings. The summed E-state index contributed by atoms with van der Waals surface area (Å²) in [6.45, 7) is 1.01. The Morgan fingerprint density at radius 1 is 1.17 bits per heavy atom. The molecule has 0 radical (unpaired) electrons. The standard InChI is InChI=1S/C22H22FN5O2/c23-17-4-2-1-3-16(17)18-7-8-19(26-18)22(30)28-10-9-15(28)11-24-21(29)20-12-27(13-25-20)14-5-6-14/h1-4,7-8,12-15,26H,5-6,9-11H2,(H,24,29). The Bertz CT molecular complexity index is 1100. The van der Waals surface area contributed by atoms with E-state index >= 15 is 0 Å². The summed E-state index contributed by atoms with van der Waals surface area (Å²) >= 11 is 0. The first-order valence-corrected chi connectivity index (χ1v) is 10.2. The Kier molecular flexibility index (Phi) is 4.61. The number of amides is 2. The van der Waals surface area contributed by atoms with Crippen molar-refractivity contribution in [3.63, 3.8) is 0 Å². The number of hydrogen-bond donors (Lipinski definition) is 2. The molecule has 30 heavy (non-hydrogen) atoms. The minimum atomic E-state index is -0.341. The van der Waals surface area contributed by atoms with Gasteiger partial charge in [0.1, 0.15) is 17.2 Å². The highest BCUT2D eigenvalue weighted by Crippen LogP contribution is 2.34. The summed E-state index contributed by atoms with van der Waals surface area (Å²) in [5, 5.41) is 2.88. The van der Waals surface area contributed by atoms with E-state index in [4.69, 9.17) is 0 Å². The van der Waals surface area contributed by atoms with Crippen LogP contribution in [0.1, 0.15) is 46.3 Å². The normalized spacial score (nSPS) is 18.2. The predicted octanol–water partition coefficient (Wildman–Crippen LogP) is 3.00. The fourth-order valence-electron chi connectivity index (χ4n) is 3.76. The van der Waals surface area contributed by atoms with Gasteiger partial charge in [-0.15, -0.1) is 0 Å². The van der Waals surface area contributed by atoms with E-state index < -0.39 is 0 Å². The average Bonchev–Trinajstić information content (AvgIpc) is 3.25. The molecule has 0 spiro atoms. The molecule has 2 N–H and O–H groups in total. The largest absolute Gasteiger partial charge is 0.350 e. The molecule has 1 atom stereocenters. The number of hydrogen-bond acceptors (Lipinski definition) is 3. The van der Waals surface area contributed by atoms with Crippen molar-refractivity contribution in [3.8, 4) is 11.3 Å². The molecular formula is C22H22FN5O2. The molecule has 2 aromatic heterocycles. The number of carbonyl (C=O) groups is 2. The van der Waals surface area contributed by atoms with E-state index in [0.29, 0.717) is 41.8 Å². The second kappa shape index (κ2) is 7.44. The Labute approximate surface area is 172 Å². The van der Waals surface area contributed by atoms with Crippen molar-refractivity contribution >= 4 is 11.8 Å². The van der Waals surface area contributed by atoms with Gasteiger partial charge in [0.15, 0.2) is 0 Å². The zero-order valence-electron chi connectivity index (χ0n) is 16.3. The van der Waals surface area contributed by atoms with Gasteiger partial charge in [0.2, 0.25) is 0 Å². The fraction of sp³-hybridized carbons (Fsp3) is 0.318. The maximum Gasteiger partial charge on any atom is 0.271 e. The number of halogens is 1. The first-order chi connectivity index (χ1) is 14.6. The van der Waals surface area contributed by atoms with Crippen LogP contribution in [0.2, 0.25) is 0 Å². The number of likely N-dealkylation sites (tertiary alicyclic amines) is 1. The van der Waals surface area contributed by atoms with Gasteiger partial charge in [-0.3, -0.25) is 9.59 Å². The Morgan fingerprint density at radius 3 is 2.73 bits per heavy atom. The number of nitrogens with one attached hydrogen (secondary N) is 2. The van der Waals surface area contributed by atoms with Gasteiger partial charge in [0.05, 0.1) is 12.4 Å². The highest BCUT2D eigenvalue weighted by atomic mass is 19.1. The Morgan fingerprint density at radius 2 is 2.00 bits per heavy atom.